The molecule has 0 radical (unpaired) electrons. The van der Waals surface area contributed by atoms with Crippen molar-refractivity contribution in [3.8, 4) is 11.1 Å². The lowest BCUT2D eigenvalue weighted by atomic mass is 9.86. The molecule has 0 nitrogen and oxygen atoms in total. The van der Waals surface area contributed by atoms with Crippen molar-refractivity contribution in [2.75, 3.05) is 0 Å². The molecule has 2 heterocycles. The summed E-state index contributed by atoms with van der Waals surface area (Å²) < 4.78 is 5.53. The van der Waals surface area contributed by atoms with Crippen LogP contribution in [0.4, 0.5) is 0 Å². The fraction of sp³-hybridized carbons (Fsp3) is 0.220. The van der Waals surface area contributed by atoms with Gasteiger partial charge in [0.25, 0.3) is 0 Å². The average molecular weight is 593 g/mol. The minimum Gasteiger partial charge on any atom is -0.135 e. The third-order valence-electron chi connectivity index (χ3n) is 9.65. The topological polar surface area (TPSA) is 0 Å². The van der Waals surface area contributed by atoms with Gasteiger partial charge >= 0.3 is 0 Å². The lowest BCUT2D eigenvalue weighted by molar-refractivity contribution is 0.535. The fourth-order valence-electron chi connectivity index (χ4n) is 6.80. The molecule has 6 aromatic carbocycles. The maximum Gasteiger partial charge on any atom is 0.0440 e. The second-order valence-corrected chi connectivity index (χ2v) is 15.8. The first-order chi connectivity index (χ1) is 20.7. The van der Waals surface area contributed by atoms with Crippen LogP contribution >= 0.6 is 22.7 Å². The Morgan fingerprint density at radius 3 is 2.09 bits per heavy atom. The molecule has 0 aliphatic carbocycles. The largest absolute Gasteiger partial charge is 0.135 e. The van der Waals surface area contributed by atoms with Crippen molar-refractivity contribution in [1.82, 2.24) is 0 Å². The van der Waals surface area contributed by atoms with E-state index in [0.29, 0.717) is 11.8 Å². The van der Waals surface area contributed by atoms with Crippen LogP contribution in [0.25, 0.3) is 73.0 Å². The van der Waals surface area contributed by atoms with Crippen LogP contribution in [-0.4, -0.2) is 0 Å². The Bertz CT molecular complexity index is 2370. The molecule has 2 aromatic heterocycles. The Morgan fingerprint density at radius 2 is 1.28 bits per heavy atom. The van der Waals surface area contributed by atoms with Crippen molar-refractivity contribution in [2.45, 2.75) is 52.9 Å². The lowest BCUT2D eigenvalue weighted by Crippen LogP contribution is -2.10. The van der Waals surface area contributed by atoms with Gasteiger partial charge in [0.15, 0.2) is 0 Å². The van der Waals surface area contributed by atoms with Crippen LogP contribution in [0.5, 0.6) is 0 Å². The Kier molecular flexibility index (Phi) is 6.03. The van der Waals surface area contributed by atoms with Gasteiger partial charge < -0.3 is 0 Å². The van der Waals surface area contributed by atoms with Gasteiger partial charge in [0.1, 0.15) is 0 Å². The summed E-state index contributed by atoms with van der Waals surface area (Å²) in [5, 5.41) is 10.9. The standard InChI is InChI=1S/C41H36S2/c1-23(2)24(3)26-15-19-35-33(20-26)31-17-14-25-11-9-13-30(37(25)40(31)42-35)34-21-27-10-7-8-12-29(27)39-38(34)32-18-16-28(41(4,5)6)22-36(32)43-39/h7-24H,1-6H3. The molecular weight excluding hydrogens is 557 g/mol. The van der Waals surface area contributed by atoms with Gasteiger partial charge in [-0.3, -0.25) is 0 Å². The molecule has 8 aromatic rings. The van der Waals surface area contributed by atoms with E-state index in [2.05, 4.69) is 139 Å². The van der Waals surface area contributed by atoms with Crippen LogP contribution in [0.3, 0.4) is 0 Å². The molecule has 43 heavy (non-hydrogen) atoms. The van der Waals surface area contributed by atoms with Crippen molar-refractivity contribution in [1.29, 1.82) is 0 Å². The molecular formula is C41H36S2. The second kappa shape index (κ2) is 9.64. The van der Waals surface area contributed by atoms with E-state index in [1.54, 1.807) is 0 Å². The summed E-state index contributed by atoms with van der Waals surface area (Å²) in [6, 6.07) is 37.3. The molecule has 0 aliphatic rings. The molecule has 0 amide bonds. The summed E-state index contributed by atoms with van der Waals surface area (Å²) in [6.07, 6.45) is 0. The number of rotatable bonds is 3. The van der Waals surface area contributed by atoms with Crippen molar-refractivity contribution >= 4 is 84.6 Å². The smallest absolute Gasteiger partial charge is 0.0440 e. The number of hydrogen-bond acceptors (Lipinski definition) is 2. The highest BCUT2D eigenvalue weighted by Gasteiger charge is 2.21. The van der Waals surface area contributed by atoms with Gasteiger partial charge in [0.05, 0.1) is 0 Å². The summed E-state index contributed by atoms with van der Waals surface area (Å²) in [5.74, 6) is 1.15. The van der Waals surface area contributed by atoms with Crippen LogP contribution in [0.15, 0.2) is 97.1 Å². The van der Waals surface area contributed by atoms with Gasteiger partial charge in [-0.2, -0.15) is 0 Å². The predicted octanol–water partition coefficient (Wildman–Crippen LogP) is 13.5. The van der Waals surface area contributed by atoms with Crippen molar-refractivity contribution in [2.24, 2.45) is 5.92 Å². The van der Waals surface area contributed by atoms with Gasteiger partial charge in [-0.1, -0.05) is 114 Å². The summed E-state index contributed by atoms with van der Waals surface area (Å²) in [4.78, 5) is 0. The van der Waals surface area contributed by atoms with Gasteiger partial charge in [0, 0.05) is 45.7 Å². The lowest BCUT2D eigenvalue weighted by Gasteiger charge is -2.18. The number of thiophene rings is 2. The minimum absolute atomic E-state index is 0.116. The molecule has 8 rings (SSSR count). The summed E-state index contributed by atoms with van der Waals surface area (Å²) in [5.41, 5.74) is 5.62. The molecule has 2 heteroatoms. The van der Waals surface area contributed by atoms with E-state index in [9.17, 15) is 0 Å². The molecule has 0 fully saturated rings. The molecule has 0 bridgehead atoms. The summed E-state index contributed by atoms with van der Waals surface area (Å²) in [7, 11) is 0. The van der Waals surface area contributed by atoms with Crippen LogP contribution in [0.1, 0.15) is 58.6 Å². The second-order valence-electron chi connectivity index (χ2n) is 13.6. The SMILES string of the molecule is CC(C)C(C)c1ccc2sc3c(ccc4cccc(-c5cc6ccccc6c6sc7cc(C(C)(C)C)ccc7c56)c43)c2c1. The zero-order valence-electron chi connectivity index (χ0n) is 25.7. The quantitative estimate of drug-likeness (QED) is 0.191. The van der Waals surface area contributed by atoms with Crippen LogP contribution in [-0.2, 0) is 5.41 Å². The third-order valence-corrected chi connectivity index (χ3v) is 12.0. The first-order valence-electron chi connectivity index (χ1n) is 15.5. The van der Waals surface area contributed by atoms with E-state index < -0.39 is 0 Å². The summed E-state index contributed by atoms with van der Waals surface area (Å²) >= 11 is 3.90. The van der Waals surface area contributed by atoms with Gasteiger partial charge in [0.2, 0.25) is 0 Å². The zero-order valence-corrected chi connectivity index (χ0v) is 27.3. The molecule has 0 saturated carbocycles. The number of fused-ring (bicyclic) bond motifs is 10. The highest BCUT2D eigenvalue weighted by atomic mass is 32.1. The maximum absolute atomic E-state index is 2.46. The van der Waals surface area contributed by atoms with Crippen molar-refractivity contribution in [3.63, 3.8) is 0 Å². The molecule has 0 N–H and O–H groups in total. The van der Waals surface area contributed by atoms with E-state index in [1.807, 2.05) is 22.7 Å². The minimum atomic E-state index is 0.116. The first-order valence-corrected chi connectivity index (χ1v) is 17.1. The van der Waals surface area contributed by atoms with E-state index in [-0.39, 0.29) is 5.41 Å². The normalized spacial score (nSPS) is 13.5. The zero-order chi connectivity index (χ0) is 29.6. The Hall–Kier alpha value is -3.72. The Balaban J connectivity index is 1.48. The predicted molar refractivity (Wildman–Crippen MR) is 195 cm³/mol. The average Bonchev–Trinajstić information content (AvgIpc) is 3.57. The molecule has 212 valence electrons. The van der Waals surface area contributed by atoms with Crippen LogP contribution in [0, 0.1) is 5.92 Å². The van der Waals surface area contributed by atoms with Gasteiger partial charge in [-0.15, -0.1) is 22.7 Å². The first kappa shape index (κ1) is 26.9. The summed E-state index contributed by atoms with van der Waals surface area (Å²) in [6.45, 7) is 13.9. The number of benzene rings is 6. The fourth-order valence-corrected chi connectivity index (χ4v) is 9.36. The maximum atomic E-state index is 2.46. The molecule has 1 unspecified atom stereocenters. The number of hydrogen-bond donors (Lipinski definition) is 0. The van der Waals surface area contributed by atoms with E-state index in [0.717, 1.165) is 0 Å². The Morgan fingerprint density at radius 1 is 0.535 bits per heavy atom. The monoisotopic (exact) mass is 592 g/mol. The van der Waals surface area contributed by atoms with Crippen LogP contribution in [0.2, 0.25) is 0 Å². The van der Waals surface area contributed by atoms with E-state index in [1.165, 1.54) is 84.1 Å². The van der Waals surface area contributed by atoms with Crippen LogP contribution < -0.4 is 0 Å². The van der Waals surface area contributed by atoms with E-state index in [4.69, 9.17) is 0 Å². The third kappa shape index (κ3) is 4.14. The van der Waals surface area contributed by atoms with Gasteiger partial charge in [-0.25, -0.2) is 0 Å². The molecule has 0 spiro atoms. The van der Waals surface area contributed by atoms with Crippen molar-refractivity contribution in [3.05, 3.63) is 108 Å². The highest BCUT2D eigenvalue weighted by molar-refractivity contribution is 7.27. The van der Waals surface area contributed by atoms with Gasteiger partial charge in [-0.05, 0) is 79.9 Å². The highest BCUT2D eigenvalue weighted by Crippen LogP contribution is 2.49. The molecule has 0 aliphatic heterocycles. The van der Waals surface area contributed by atoms with Crippen molar-refractivity contribution < 1.29 is 0 Å². The molecule has 0 saturated heterocycles. The Labute approximate surface area is 261 Å². The van der Waals surface area contributed by atoms with E-state index >= 15 is 0 Å². The molecule has 1 atom stereocenters.